The third-order valence-electron chi connectivity index (χ3n) is 7.49. The zero-order valence-corrected chi connectivity index (χ0v) is 25.4. The zero-order valence-electron chi connectivity index (χ0n) is 25.4. The Morgan fingerprint density at radius 2 is 1.52 bits per heavy atom. The van der Waals surface area contributed by atoms with Gasteiger partial charge in [0.2, 0.25) is 0 Å². The SMILES string of the molecule is O=C(CN(CCCCCCOCCCc1ncccc1OCc1ccccc1)Cc1ccccc1)c1ccc(O)c(CO)c1. The van der Waals surface area contributed by atoms with Crippen LogP contribution in [0.25, 0.3) is 0 Å². The Kier molecular flexibility index (Phi) is 13.9. The molecule has 0 bridgehead atoms. The lowest BCUT2D eigenvalue weighted by Gasteiger charge is -2.22. The normalized spacial score (nSPS) is 11.1. The number of carbonyl (C=O) groups excluding carboxylic acids is 1. The van der Waals surface area contributed by atoms with Crippen LogP contribution < -0.4 is 4.74 Å². The van der Waals surface area contributed by atoms with E-state index in [1.165, 1.54) is 6.07 Å². The van der Waals surface area contributed by atoms with Gasteiger partial charge in [-0.1, -0.05) is 73.5 Å². The lowest BCUT2D eigenvalue weighted by Crippen LogP contribution is -2.30. The predicted molar refractivity (Wildman–Crippen MR) is 173 cm³/mol. The van der Waals surface area contributed by atoms with Crippen molar-refractivity contribution in [2.75, 3.05) is 26.3 Å². The molecule has 0 saturated heterocycles. The van der Waals surface area contributed by atoms with Crippen molar-refractivity contribution < 1.29 is 24.5 Å². The molecule has 1 aromatic heterocycles. The maximum Gasteiger partial charge on any atom is 0.176 e. The third kappa shape index (κ3) is 11.2. The molecule has 3 aromatic carbocycles. The fraction of sp³-hybridized carbons (Fsp3) is 0.351. The van der Waals surface area contributed by atoms with Crippen molar-refractivity contribution >= 4 is 5.78 Å². The van der Waals surface area contributed by atoms with Crippen molar-refractivity contribution in [3.05, 3.63) is 125 Å². The summed E-state index contributed by atoms with van der Waals surface area (Å²) in [7, 11) is 0. The molecular weight excluding hydrogens is 552 g/mol. The van der Waals surface area contributed by atoms with Crippen molar-refractivity contribution in [1.29, 1.82) is 0 Å². The van der Waals surface area contributed by atoms with Crippen molar-refractivity contribution in [3.8, 4) is 11.5 Å². The molecule has 4 aromatic rings. The minimum absolute atomic E-state index is 0.000595. The highest BCUT2D eigenvalue weighted by molar-refractivity contribution is 5.98. The second-order valence-electron chi connectivity index (χ2n) is 11.0. The average Bonchev–Trinajstić information content (AvgIpc) is 3.06. The molecule has 0 atom stereocenters. The number of unbranched alkanes of at least 4 members (excludes halogenated alkanes) is 3. The molecule has 7 nitrogen and oxygen atoms in total. The van der Waals surface area contributed by atoms with Crippen LogP contribution in [0.4, 0.5) is 0 Å². The first kappa shape index (κ1) is 32.9. The number of rotatable bonds is 20. The fourth-order valence-corrected chi connectivity index (χ4v) is 5.05. The molecule has 44 heavy (non-hydrogen) atoms. The van der Waals surface area contributed by atoms with E-state index in [4.69, 9.17) is 9.47 Å². The van der Waals surface area contributed by atoms with Gasteiger partial charge in [-0.15, -0.1) is 0 Å². The summed E-state index contributed by atoms with van der Waals surface area (Å²) in [6.45, 7) is 3.43. The maximum absolute atomic E-state index is 13.1. The monoisotopic (exact) mass is 596 g/mol. The van der Waals surface area contributed by atoms with Crippen molar-refractivity contribution in [2.45, 2.75) is 58.3 Å². The number of aliphatic hydroxyl groups excluding tert-OH is 1. The largest absolute Gasteiger partial charge is 0.508 e. The topological polar surface area (TPSA) is 92.1 Å². The number of hydrogen-bond acceptors (Lipinski definition) is 7. The minimum Gasteiger partial charge on any atom is -0.508 e. The molecule has 0 saturated carbocycles. The summed E-state index contributed by atoms with van der Waals surface area (Å²) in [5, 5.41) is 19.3. The number of ether oxygens (including phenoxy) is 2. The van der Waals surface area contributed by atoms with E-state index in [-0.39, 0.29) is 24.7 Å². The van der Waals surface area contributed by atoms with Crippen LogP contribution in [0, 0.1) is 0 Å². The van der Waals surface area contributed by atoms with E-state index in [9.17, 15) is 15.0 Å². The Labute approximate surface area is 261 Å². The fourth-order valence-electron chi connectivity index (χ4n) is 5.05. The molecule has 0 spiro atoms. The molecule has 0 amide bonds. The molecule has 232 valence electrons. The van der Waals surface area contributed by atoms with Gasteiger partial charge >= 0.3 is 0 Å². The van der Waals surface area contributed by atoms with Gasteiger partial charge in [0.15, 0.2) is 5.78 Å². The number of aromatic nitrogens is 1. The van der Waals surface area contributed by atoms with Crippen LogP contribution in [0.5, 0.6) is 11.5 Å². The zero-order chi connectivity index (χ0) is 30.8. The number of aliphatic hydroxyl groups is 1. The van der Waals surface area contributed by atoms with Crippen LogP contribution in [0.2, 0.25) is 0 Å². The van der Waals surface area contributed by atoms with Gasteiger partial charge < -0.3 is 19.7 Å². The number of aromatic hydroxyl groups is 1. The van der Waals surface area contributed by atoms with Gasteiger partial charge in [0.05, 0.1) is 18.8 Å². The Bertz CT molecular complexity index is 1400. The summed E-state index contributed by atoms with van der Waals surface area (Å²) in [6, 6.07) is 28.9. The van der Waals surface area contributed by atoms with E-state index in [1.54, 1.807) is 12.1 Å². The molecule has 7 heteroatoms. The van der Waals surface area contributed by atoms with Gasteiger partial charge in [-0.2, -0.15) is 0 Å². The Balaban J connectivity index is 1.12. The second kappa shape index (κ2) is 18.6. The Morgan fingerprint density at radius 3 is 2.30 bits per heavy atom. The Morgan fingerprint density at radius 1 is 0.795 bits per heavy atom. The van der Waals surface area contributed by atoms with Crippen molar-refractivity contribution in [3.63, 3.8) is 0 Å². The molecule has 0 radical (unpaired) electrons. The molecule has 1 heterocycles. The quantitative estimate of drug-likeness (QED) is 0.0861. The van der Waals surface area contributed by atoms with E-state index in [1.807, 2.05) is 54.7 Å². The summed E-state index contributed by atoms with van der Waals surface area (Å²) in [6.07, 6.45) is 7.64. The van der Waals surface area contributed by atoms with Gasteiger partial charge in [0.25, 0.3) is 0 Å². The average molecular weight is 597 g/mol. The lowest BCUT2D eigenvalue weighted by atomic mass is 10.1. The van der Waals surface area contributed by atoms with Crippen molar-refractivity contribution in [1.82, 2.24) is 9.88 Å². The standard InChI is InChI=1S/C37H44N2O5/c40-28-33-25-32(19-20-35(33)41)36(42)27-39(26-30-13-5-3-6-14-30)22-9-1-2-10-23-43-24-12-17-34-37(18-11-21-38-34)44-29-31-15-7-4-8-16-31/h3-8,11,13-16,18-21,25,40-41H,1-2,9-10,12,17,22-24,26-29H2. The van der Waals surface area contributed by atoms with Crippen molar-refractivity contribution in [2.24, 2.45) is 0 Å². The minimum atomic E-state index is -0.306. The number of ketones is 1. The number of benzene rings is 3. The van der Waals surface area contributed by atoms with Crippen LogP contribution in [-0.4, -0.2) is 52.2 Å². The molecular formula is C37H44N2O5. The predicted octanol–water partition coefficient (Wildman–Crippen LogP) is 6.75. The van der Waals surface area contributed by atoms with Crippen LogP contribution in [0.15, 0.2) is 97.2 Å². The molecule has 0 aliphatic heterocycles. The molecule has 0 aliphatic rings. The molecule has 0 unspecified atom stereocenters. The van der Waals surface area contributed by atoms with Gasteiger partial charge in [-0.05, 0) is 73.7 Å². The van der Waals surface area contributed by atoms with E-state index >= 15 is 0 Å². The van der Waals surface area contributed by atoms with Gasteiger partial charge in [0, 0.05) is 37.1 Å². The van der Waals surface area contributed by atoms with E-state index in [2.05, 4.69) is 34.1 Å². The highest BCUT2D eigenvalue weighted by atomic mass is 16.5. The Hall–Kier alpha value is -4.04. The highest BCUT2D eigenvalue weighted by Crippen LogP contribution is 2.20. The number of phenols is 1. The first-order valence-corrected chi connectivity index (χ1v) is 15.5. The van der Waals surface area contributed by atoms with Crippen LogP contribution in [0.3, 0.4) is 0 Å². The first-order valence-electron chi connectivity index (χ1n) is 15.5. The van der Waals surface area contributed by atoms with E-state index in [0.717, 1.165) is 74.2 Å². The molecule has 0 aliphatic carbocycles. The van der Waals surface area contributed by atoms with E-state index < -0.39 is 0 Å². The number of Topliss-reactive ketones (excluding diaryl/α,β-unsaturated/α-hetero) is 1. The van der Waals surface area contributed by atoms with E-state index in [0.29, 0.717) is 30.9 Å². The number of nitrogens with zero attached hydrogens (tertiary/aromatic N) is 2. The van der Waals surface area contributed by atoms with Gasteiger partial charge in [-0.3, -0.25) is 14.7 Å². The lowest BCUT2D eigenvalue weighted by molar-refractivity contribution is 0.0923. The summed E-state index contributed by atoms with van der Waals surface area (Å²) in [5.74, 6) is 0.808. The second-order valence-corrected chi connectivity index (χ2v) is 11.0. The number of pyridine rings is 1. The molecule has 4 rings (SSSR count). The van der Waals surface area contributed by atoms with Crippen LogP contribution in [0.1, 0.15) is 64.8 Å². The molecule has 0 fully saturated rings. The molecule has 2 N–H and O–H groups in total. The third-order valence-corrected chi connectivity index (χ3v) is 7.49. The summed E-state index contributed by atoms with van der Waals surface area (Å²) >= 11 is 0. The van der Waals surface area contributed by atoms with Crippen LogP contribution in [-0.2, 0) is 30.9 Å². The number of aryl methyl sites for hydroxylation is 1. The number of hydrogen-bond donors (Lipinski definition) is 2. The maximum atomic E-state index is 13.1. The summed E-state index contributed by atoms with van der Waals surface area (Å²) in [5.41, 5.74) is 4.12. The summed E-state index contributed by atoms with van der Waals surface area (Å²) in [4.78, 5) is 19.7. The highest BCUT2D eigenvalue weighted by Gasteiger charge is 2.15. The van der Waals surface area contributed by atoms with Gasteiger partial charge in [-0.25, -0.2) is 0 Å². The number of carbonyl (C=O) groups is 1. The van der Waals surface area contributed by atoms with Gasteiger partial charge in [0.1, 0.15) is 18.1 Å². The van der Waals surface area contributed by atoms with Crippen LogP contribution >= 0.6 is 0 Å². The smallest absolute Gasteiger partial charge is 0.176 e. The summed E-state index contributed by atoms with van der Waals surface area (Å²) < 4.78 is 11.9. The first-order chi connectivity index (χ1) is 21.6.